The minimum atomic E-state index is -0.00863. The van der Waals surface area contributed by atoms with Crippen molar-refractivity contribution in [2.75, 3.05) is 46.7 Å². The highest BCUT2D eigenvalue weighted by Crippen LogP contribution is 2.07. The van der Waals surface area contributed by atoms with Crippen LogP contribution in [0.2, 0.25) is 0 Å². The maximum absolute atomic E-state index is 11.5. The van der Waals surface area contributed by atoms with Gasteiger partial charge in [0.2, 0.25) is 5.91 Å². The molecule has 0 aliphatic carbocycles. The Kier molecular flexibility index (Phi) is 6.45. The molecule has 0 saturated carbocycles. The first kappa shape index (κ1) is 16.7. The second-order valence-electron chi connectivity index (χ2n) is 4.95. The Morgan fingerprint density at radius 2 is 1.95 bits per heavy atom. The van der Waals surface area contributed by atoms with Gasteiger partial charge < -0.3 is 20.4 Å². The van der Waals surface area contributed by atoms with Gasteiger partial charge in [0.15, 0.2) is 5.96 Å². The number of guanidine groups is 1. The molecule has 7 heteroatoms. The van der Waals surface area contributed by atoms with Gasteiger partial charge >= 0.3 is 0 Å². The van der Waals surface area contributed by atoms with E-state index in [1.165, 1.54) is 4.90 Å². The predicted octanol–water partition coefficient (Wildman–Crippen LogP) is -0.0992. The van der Waals surface area contributed by atoms with Crippen LogP contribution in [0.25, 0.3) is 0 Å². The summed E-state index contributed by atoms with van der Waals surface area (Å²) in [5.41, 5.74) is 0.906. The first-order valence-corrected chi connectivity index (χ1v) is 6.72. The maximum atomic E-state index is 11.5. The van der Waals surface area contributed by atoms with E-state index in [1.54, 1.807) is 21.1 Å². The number of rotatable bonds is 5. The van der Waals surface area contributed by atoms with E-state index in [-0.39, 0.29) is 12.5 Å². The van der Waals surface area contributed by atoms with E-state index in [1.807, 2.05) is 37.2 Å². The molecule has 1 amide bonds. The van der Waals surface area contributed by atoms with Gasteiger partial charge in [-0.05, 0) is 12.1 Å². The van der Waals surface area contributed by atoms with E-state index in [9.17, 15) is 4.79 Å². The van der Waals surface area contributed by atoms with Gasteiger partial charge in [-0.3, -0.25) is 9.79 Å². The third-order valence-electron chi connectivity index (χ3n) is 2.82. The molecule has 0 unspecified atom stereocenters. The summed E-state index contributed by atoms with van der Waals surface area (Å²) in [6.07, 6.45) is 0. The summed E-state index contributed by atoms with van der Waals surface area (Å²) in [6, 6.07) is 5.86. The second kappa shape index (κ2) is 8.08. The lowest BCUT2D eigenvalue weighted by Gasteiger charge is -2.15. The number of carbonyl (C=O) groups is 1. The van der Waals surface area contributed by atoms with Crippen LogP contribution in [-0.4, -0.2) is 63.5 Å². The van der Waals surface area contributed by atoms with Gasteiger partial charge in [0.1, 0.15) is 5.82 Å². The van der Waals surface area contributed by atoms with Gasteiger partial charge in [0.05, 0.1) is 18.8 Å². The minimum absolute atomic E-state index is 0.00863. The van der Waals surface area contributed by atoms with E-state index in [0.717, 1.165) is 11.5 Å². The fraction of sp³-hybridized carbons (Fsp3) is 0.500. The molecule has 116 valence electrons. The van der Waals surface area contributed by atoms with Crippen LogP contribution in [0.5, 0.6) is 0 Å². The monoisotopic (exact) mass is 292 g/mol. The molecule has 0 atom stereocenters. The SMILES string of the molecule is CN=C(NCC(=O)N(C)C)NCc1cccc(N(C)C)n1. The number of amides is 1. The van der Waals surface area contributed by atoms with Gasteiger partial charge in [-0.15, -0.1) is 0 Å². The summed E-state index contributed by atoms with van der Waals surface area (Å²) >= 11 is 0. The van der Waals surface area contributed by atoms with Crippen molar-refractivity contribution in [2.45, 2.75) is 6.54 Å². The van der Waals surface area contributed by atoms with E-state index in [4.69, 9.17) is 0 Å². The zero-order chi connectivity index (χ0) is 15.8. The number of anilines is 1. The zero-order valence-electron chi connectivity index (χ0n) is 13.3. The molecule has 1 aromatic heterocycles. The van der Waals surface area contributed by atoms with Gasteiger partial charge in [0.25, 0.3) is 0 Å². The molecule has 21 heavy (non-hydrogen) atoms. The third-order valence-corrected chi connectivity index (χ3v) is 2.82. The Morgan fingerprint density at radius 3 is 2.52 bits per heavy atom. The van der Waals surface area contributed by atoms with Crippen molar-refractivity contribution in [3.8, 4) is 0 Å². The summed E-state index contributed by atoms with van der Waals surface area (Å²) < 4.78 is 0. The third kappa shape index (κ3) is 5.68. The average Bonchev–Trinajstić information content (AvgIpc) is 2.47. The molecule has 0 saturated heterocycles. The van der Waals surface area contributed by atoms with Gasteiger partial charge in [-0.25, -0.2) is 4.98 Å². The molecule has 1 heterocycles. The topological polar surface area (TPSA) is 72.9 Å². The fourth-order valence-electron chi connectivity index (χ4n) is 1.53. The van der Waals surface area contributed by atoms with E-state index in [2.05, 4.69) is 20.6 Å². The standard InChI is InChI=1S/C14H24N6O/c1-15-14(17-10-13(21)20(4)5)16-9-11-7-6-8-12(18-11)19(2)3/h6-8H,9-10H2,1-5H3,(H2,15,16,17). The Hall–Kier alpha value is -2.31. The Labute approximate surface area is 126 Å². The van der Waals surface area contributed by atoms with Gasteiger partial charge in [-0.1, -0.05) is 6.07 Å². The lowest BCUT2D eigenvalue weighted by atomic mass is 10.3. The molecular weight excluding hydrogens is 268 g/mol. The number of hydrogen-bond acceptors (Lipinski definition) is 4. The van der Waals surface area contributed by atoms with Crippen LogP contribution in [0.1, 0.15) is 5.69 Å². The maximum Gasteiger partial charge on any atom is 0.241 e. The highest BCUT2D eigenvalue weighted by atomic mass is 16.2. The number of carbonyl (C=O) groups excluding carboxylic acids is 1. The van der Waals surface area contributed by atoms with Crippen LogP contribution < -0.4 is 15.5 Å². The van der Waals surface area contributed by atoms with E-state index in [0.29, 0.717) is 12.5 Å². The lowest BCUT2D eigenvalue weighted by molar-refractivity contribution is -0.127. The number of pyridine rings is 1. The summed E-state index contributed by atoms with van der Waals surface area (Å²) in [5, 5.41) is 6.10. The Bertz CT molecular complexity index is 498. The highest BCUT2D eigenvalue weighted by molar-refractivity contribution is 5.86. The number of aromatic nitrogens is 1. The number of likely N-dealkylation sites (N-methyl/N-ethyl adjacent to an activating group) is 1. The molecular formula is C14H24N6O. The van der Waals surface area contributed by atoms with E-state index < -0.39 is 0 Å². The van der Waals surface area contributed by atoms with Crippen LogP contribution in [0.4, 0.5) is 5.82 Å². The molecule has 0 spiro atoms. The largest absolute Gasteiger partial charge is 0.363 e. The molecule has 0 aromatic carbocycles. The van der Waals surface area contributed by atoms with Gasteiger partial charge in [0, 0.05) is 35.2 Å². The molecule has 7 nitrogen and oxygen atoms in total. The van der Waals surface area contributed by atoms with Crippen molar-refractivity contribution in [2.24, 2.45) is 4.99 Å². The number of aliphatic imine (C=N–C) groups is 1. The van der Waals surface area contributed by atoms with Crippen molar-refractivity contribution < 1.29 is 4.79 Å². The summed E-state index contributed by atoms with van der Waals surface area (Å²) in [6.45, 7) is 0.745. The van der Waals surface area contributed by atoms with Crippen molar-refractivity contribution in [1.82, 2.24) is 20.5 Å². The molecule has 0 fully saturated rings. The van der Waals surface area contributed by atoms with Crippen LogP contribution in [-0.2, 0) is 11.3 Å². The van der Waals surface area contributed by atoms with Crippen molar-refractivity contribution >= 4 is 17.7 Å². The molecule has 2 N–H and O–H groups in total. The quantitative estimate of drug-likeness (QED) is 0.586. The van der Waals surface area contributed by atoms with Crippen LogP contribution in [0.3, 0.4) is 0 Å². The highest BCUT2D eigenvalue weighted by Gasteiger charge is 2.06. The lowest BCUT2D eigenvalue weighted by Crippen LogP contribution is -2.42. The molecule has 0 aliphatic heterocycles. The fourth-order valence-corrected chi connectivity index (χ4v) is 1.53. The Morgan fingerprint density at radius 1 is 1.24 bits per heavy atom. The van der Waals surface area contributed by atoms with Crippen LogP contribution in [0.15, 0.2) is 23.2 Å². The smallest absolute Gasteiger partial charge is 0.241 e. The molecule has 0 bridgehead atoms. The zero-order valence-corrected chi connectivity index (χ0v) is 13.3. The predicted molar refractivity (Wildman–Crippen MR) is 85.5 cm³/mol. The molecule has 1 rings (SSSR count). The Balaban J connectivity index is 2.52. The summed E-state index contributed by atoms with van der Waals surface area (Å²) in [7, 11) is 9.01. The number of nitrogens with zero attached hydrogens (tertiary/aromatic N) is 4. The normalized spacial score (nSPS) is 11.0. The average molecular weight is 292 g/mol. The first-order valence-electron chi connectivity index (χ1n) is 6.72. The number of hydrogen-bond donors (Lipinski definition) is 2. The molecule has 0 aliphatic rings. The minimum Gasteiger partial charge on any atom is -0.363 e. The van der Waals surface area contributed by atoms with Crippen LogP contribution in [0, 0.1) is 0 Å². The molecule has 0 radical (unpaired) electrons. The molecule has 1 aromatic rings. The second-order valence-corrected chi connectivity index (χ2v) is 4.95. The van der Waals surface area contributed by atoms with Crippen LogP contribution >= 0.6 is 0 Å². The van der Waals surface area contributed by atoms with Crippen molar-refractivity contribution in [3.63, 3.8) is 0 Å². The van der Waals surface area contributed by atoms with Gasteiger partial charge in [-0.2, -0.15) is 0 Å². The first-order chi connectivity index (χ1) is 9.93. The van der Waals surface area contributed by atoms with Crippen molar-refractivity contribution in [1.29, 1.82) is 0 Å². The number of nitrogens with one attached hydrogen (secondary N) is 2. The van der Waals surface area contributed by atoms with Crippen molar-refractivity contribution in [3.05, 3.63) is 23.9 Å². The summed E-state index contributed by atoms with van der Waals surface area (Å²) in [5.74, 6) is 1.47. The van der Waals surface area contributed by atoms with E-state index >= 15 is 0 Å². The summed E-state index contributed by atoms with van der Waals surface area (Å²) in [4.78, 5) is 23.6.